The molecule has 1 N–H and O–H groups in total. The molecular formula is C12H15Cl2NO. The Morgan fingerprint density at radius 1 is 1.31 bits per heavy atom. The highest BCUT2D eigenvalue weighted by Gasteiger charge is 2.15. The molecule has 88 valence electrons. The molecule has 0 aromatic heterocycles. The molecule has 0 saturated carbocycles. The molecule has 0 radical (unpaired) electrons. The minimum Gasteiger partial charge on any atom is -0.377 e. The molecule has 16 heavy (non-hydrogen) atoms. The van der Waals surface area contributed by atoms with Crippen LogP contribution >= 0.6 is 23.2 Å². The van der Waals surface area contributed by atoms with Crippen LogP contribution in [0.1, 0.15) is 18.4 Å². The summed E-state index contributed by atoms with van der Waals surface area (Å²) >= 11 is 12.1. The first-order chi connectivity index (χ1) is 7.77. The zero-order chi connectivity index (χ0) is 11.4. The molecule has 0 amide bonds. The molecule has 1 atom stereocenters. The highest BCUT2D eigenvalue weighted by molar-refractivity contribution is 6.35. The standard InChI is InChI=1S/C12H15Cl2NO/c13-11-4-1-5-12(14)10(11)8-15-7-9-3-2-6-16-9/h1,4-5,9,15H,2-3,6-8H2/t9-/m0/s1. The second-order valence-electron chi connectivity index (χ2n) is 3.97. The first-order valence-corrected chi connectivity index (χ1v) is 6.28. The van der Waals surface area contributed by atoms with Crippen LogP contribution in [-0.2, 0) is 11.3 Å². The van der Waals surface area contributed by atoms with Crippen molar-refractivity contribution in [2.45, 2.75) is 25.5 Å². The molecule has 0 spiro atoms. The molecule has 1 aliphatic rings. The Morgan fingerprint density at radius 3 is 2.69 bits per heavy atom. The van der Waals surface area contributed by atoms with Crippen LogP contribution in [0.25, 0.3) is 0 Å². The highest BCUT2D eigenvalue weighted by atomic mass is 35.5. The molecule has 1 aromatic carbocycles. The summed E-state index contributed by atoms with van der Waals surface area (Å²) in [5.74, 6) is 0. The molecule has 2 rings (SSSR count). The van der Waals surface area contributed by atoms with Gasteiger partial charge in [-0.05, 0) is 25.0 Å². The summed E-state index contributed by atoms with van der Waals surface area (Å²) < 4.78 is 5.52. The fraction of sp³-hybridized carbons (Fsp3) is 0.500. The molecule has 1 aromatic rings. The van der Waals surface area contributed by atoms with E-state index < -0.39 is 0 Å². The lowest BCUT2D eigenvalue weighted by Crippen LogP contribution is -2.26. The SMILES string of the molecule is Clc1cccc(Cl)c1CNC[C@@H]1CCCO1. The van der Waals surface area contributed by atoms with Gasteiger partial charge in [-0.25, -0.2) is 0 Å². The molecule has 0 aliphatic carbocycles. The number of ether oxygens (including phenoxy) is 1. The van der Waals surface area contributed by atoms with Gasteiger partial charge in [0.2, 0.25) is 0 Å². The number of halogens is 2. The molecule has 1 aliphatic heterocycles. The minimum atomic E-state index is 0.348. The van der Waals surface area contributed by atoms with Gasteiger partial charge in [-0.2, -0.15) is 0 Å². The average Bonchev–Trinajstić information content (AvgIpc) is 2.75. The van der Waals surface area contributed by atoms with Crippen molar-refractivity contribution in [1.82, 2.24) is 5.32 Å². The Hall–Kier alpha value is -0.280. The van der Waals surface area contributed by atoms with Gasteiger partial charge in [0, 0.05) is 35.3 Å². The third kappa shape index (κ3) is 3.11. The molecule has 0 bridgehead atoms. The number of rotatable bonds is 4. The van der Waals surface area contributed by atoms with Gasteiger partial charge in [0.1, 0.15) is 0 Å². The second-order valence-corrected chi connectivity index (χ2v) is 4.78. The monoisotopic (exact) mass is 259 g/mol. The third-order valence-corrected chi connectivity index (χ3v) is 3.47. The van der Waals surface area contributed by atoms with Crippen LogP contribution in [-0.4, -0.2) is 19.3 Å². The van der Waals surface area contributed by atoms with E-state index in [4.69, 9.17) is 27.9 Å². The summed E-state index contributed by atoms with van der Waals surface area (Å²) in [5.41, 5.74) is 0.962. The maximum Gasteiger partial charge on any atom is 0.0700 e. The van der Waals surface area contributed by atoms with Crippen molar-refractivity contribution in [3.05, 3.63) is 33.8 Å². The van der Waals surface area contributed by atoms with Gasteiger partial charge in [0.25, 0.3) is 0 Å². The van der Waals surface area contributed by atoms with Crippen LogP contribution in [0.15, 0.2) is 18.2 Å². The fourth-order valence-corrected chi connectivity index (χ4v) is 2.40. The molecule has 2 nitrogen and oxygen atoms in total. The van der Waals surface area contributed by atoms with Crippen molar-refractivity contribution in [1.29, 1.82) is 0 Å². The summed E-state index contributed by atoms with van der Waals surface area (Å²) in [7, 11) is 0. The molecule has 1 saturated heterocycles. The van der Waals surface area contributed by atoms with E-state index in [0.29, 0.717) is 22.7 Å². The zero-order valence-corrected chi connectivity index (χ0v) is 10.5. The molecule has 0 unspecified atom stereocenters. The lowest BCUT2D eigenvalue weighted by atomic mass is 10.2. The summed E-state index contributed by atoms with van der Waals surface area (Å²) in [6.45, 7) is 2.44. The summed E-state index contributed by atoms with van der Waals surface area (Å²) in [5, 5.41) is 4.76. The van der Waals surface area contributed by atoms with Gasteiger partial charge < -0.3 is 10.1 Å². The van der Waals surface area contributed by atoms with Crippen LogP contribution in [0.3, 0.4) is 0 Å². The minimum absolute atomic E-state index is 0.348. The Balaban J connectivity index is 1.84. The summed E-state index contributed by atoms with van der Waals surface area (Å²) in [6.07, 6.45) is 2.66. The van der Waals surface area contributed by atoms with Crippen LogP contribution in [0, 0.1) is 0 Å². The Morgan fingerprint density at radius 2 is 2.06 bits per heavy atom. The van der Waals surface area contributed by atoms with E-state index in [9.17, 15) is 0 Å². The largest absolute Gasteiger partial charge is 0.377 e. The predicted molar refractivity (Wildman–Crippen MR) is 67.1 cm³/mol. The van der Waals surface area contributed by atoms with Crippen molar-refractivity contribution in [3.8, 4) is 0 Å². The normalized spacial score (nSPS) is 20.2. The number of benzene rings is 1. The van der Waals surface area contributed by atoms with E-state index >= 15 is 0 Å². The van der Waals surface area contributed by atoms with Crippen molar-refractivity contribution >= 4 is 23.2 Å². The van der Waals surface area contributed by atoms with E-state index in [1.54, 1.807) is 0 Å². The van der Waals surface area contributed by atoms with Gasteiger partial charge in [0.15, 0.2) is 0 Å². The number of nitrogens with one attached hydrogen (secondary N) is 1. The third-order valence-electron chi connectivity index (χ3n) is 2.76. The van der Waals surface area contributed by atoms with Crippen LogP contribution < -0.4 is 5.32 Å². The van der Waals surface area contributed by atoms with Crippen molar-refractivity contribution in [2.75, 3.05) is 13.2 Å². The predicted octanol–water partition coefficient (Wildman–Crippen LogP) is 3.26. The molecular weight excluding hydrogens is 245 g/mol. The smallest absolute Gasteiger partial charge is 0.0700 e. The van der Waals surface area contributed by atoms with Gasteiger partial charge >= 0.3 is 0 Å². The van der Waals surface area contributed by atoms with E-state index in [1.807, 2.05) is 18.2 Å². The Kier molecular flexibility index (Phi) is 4.47. The number of hydrogen-bond donors (Lipinski definition) is 1. The molecule has 1 heterocycles. The van der Waals surface area contributed by atoms with E-state index in [1.165, 1.54) is 6.42 Å². The van der Waals surface area contributed by atoms with Gasteiger partial charge in [-0.1, -0.05) is 29.3 Å². The topological polar surface area (TPSA) is 21.3 Å². The van der Waals surface area contributed by atoms with Crippen molar-refractivity contribution < 1.29 is 4.74 Å². The van der Waals surface area contributed by atoms with Crippen molar-refractivity contribution in [2.24, 2.45) is 0 Å². The maximum atomic E-state index is 6.07. The van der Waals surface area contributed by atoms with Crippen LogP contribution in [0.2, 0.25) is 10.0 Å². The highest BCUT2D eigenvalue weighted by Crippen LogP contribution is 2.23. The summed E-state index contributed by atoms with van der Waals surface area (Å²) in [6, 6.07) is 5.57. The van der Waals surface area contributed by atoms with E-state index in [2.05, 4.69) is 5.32 Å². The Bertz CT molecular complexity index is 331. The second kappa shape index (κ2) is 5.87. The first kappa shape index (κ1) is 12.2. The Labute approximate surface area is 106 Å². The first-order valence-electron chi connectivity index (χ1n) is 5.52. The van der Waals surface area contributed by atoms with E-state index in [-0.39, 0.29) is 0 Å². The maximum absolute atomic E-state index is 6.07. The van der Waals surface area contributed by atoms with E-state index in [0.717, 1.165) is 25.1 Å². The summed E-state index contributed by atoms with van der Waals surface area (Å²) in [4.78, 5) is 0. The number of hydrogen-bond acceptors (Lipinski definition) is 2. The molecule has 1 fully saturated rings. The molecule has 4 heteroatoms. The van der Waals surface area contributed by atoms with Gasteiger partial charge in [-0.3, -0.25) is 0 Å². The fourth-order valence-electron chi connectivity index (χ4n) is 1.86. The van der Waals surface area contributed by atoms with Crippen LogP contribution in [0.4, 0.5) is 0 Å². The lowest BCUT2D eigenvalue weighted by molar-refractivity contribution is 0.110. The van der Waals surface area contributed by atoms with Gasteiger partial charge in [0.05, 0.1) is 6.10 Å². The van der Waals surface area contributed by atoms with Crippen LogP contribution in [0.5, 0.6) is 0 Å². The quantitative estimate of drug-likeness (QED) is 0.897. The average molecular weight is 260 g/mol. The zero-order valence-electron chi connectivity index (χ0n) is 9.01. The lowest BCUT2D eigenvalue weighted by Gasteiger charge is -2.12. The van der Waals surface area contributed by atoms with Gasteiger partial charge in [-0.15, -0.1) is 0 Å². The van der Waals surface area contributed by atoms with Crippen molar-refractivity contribution in [3.63, 3.8) is 0 Å².